The van der Waals surface area contributed by atoms with Crippen LogP contribution in [0.4, 0.5) is 5.82 Å². The second-order valence-electron chi connectivity index (χ2n) is 3.05. The molecule has 0 aliphatic carbocycles. The average Bonchev–Trinajstić information content (AvgIpc) is 2.65. The number of hydrogen-bond donors (Lipinski definition) is 3. The molecule has 0 aliphatic heterocycles. The van der Waals surface area contributed by atoms with Gasteiger partial charge in [-0.25, -0.2) is 0 Å². The van der Waals surface area contributed by atoms with Gasteiger partial charge >= 0.3 is 5.97 Å². The van der Waals surface area contributed by atoms with E-state index in [1.165, 1.54) is 6.20 Å². The van der Waals surface area contributed by atoms with Gasteiger partial charge in [0, 0.05) is 0 Å². The van der Waals surface area contributed by atoms with E-state index in [0.29, 0.717) is 0 Å². The molecule has 0 saturated heterocycles. The summed E-state index contributed by atoms with van der Waals surface area (Å²) in [5, 5.41) is 8.25. The maximum Gasteiger partial charge on any atom is 0.315 e. The van der Waals surface area contributed by atoms with Gasteiger partial charge in [0.2, 0.25) is 5.91 Å². The Morgan fingerprint density at radius 1 is 1.53 bits per heavy atom. The molecule has 0 aliphatic rings. The molecule has 2 amide bonds. The molecule has 0 saturated carbocycles. The van der Waals surface area contributed by atoms with Crippen LogP contribution < -0.4 is 11.1 Å². The van der Waals surface area contributed by atoms with E-state index >= 15 is 0 Å². The first-order valence-corrected chi connectivity index (χ1v) is 4.83. The van der Waals surface area contributed by atoms with E-state index in [9.17, 15) is 14.4 Å². The normalized spacial score (nSPS) is 9.71. The SMILES string of the molecule is CCOC(=O)CC(=O)Nc1[nH]ncc1C(N)=O. The van der Waals surface area contributed by atoms with Gasteiger partial charge in [0.1, 0.15) is 17.8 Å². The number of nitrogens with two attached hydrogens (primary N) is 1. The van der Waals surface area contributed by atoms with Gasteiger partial charge in [-0.15, -0.1) is 0 Å². The van der Waals surface area contributed by atoms with Crippen molar-refractivity contribution >= 4 is 23.6 Å². The number of ether oxygens (including phenoxy) is 1. The van der Waals surface area contributed by atoms with Crippen LogP contribution in [0.3, 0.4) is 0 Å². The van der Waals surface area contributed by atoms with Crippen molar-refractivity contribution in [2.45, 2.75) is 13.3 Å². The van der Waals surface area contributed by atoms with E-state index in [0.717, 1.165) is 0 Å². The first-order valence-electron chi connectivity index (χ1n) is 4.83. The third-order valence-corrected chi connectivity index (χ3v) is 1.78. The number of amides is 2. The van der Waals surface area contributed by atoms with Gasteiger partial charge in [-0.3, -0.25) is 19.5 Å². The second-order valence-corrected chi connectivity index (χ2v) is 3.05. The minimum absolute atomic E-state index is 0.0437. The van der Waals surface area contributed by atoms with Crippen LogP contribution in [0, 0.1) is 0 Å². The van der Waals surface area contributed by atoms with Crippen molar-refractivity contribution < 1.29 is 19.1 Å². The van der Waals surface area contributed by atoms with Crippen molar-refractivity contribution in [3.8, 4) is 0 Å². The van der Waals surface area contributed by atoms with Gasteiger partial charge in [0.25, 0.3) is 5.91 Å². The van der Waals surface area contributed by atoms with E-state index in [1.54, 1.807) is 6.92 Å². The summed E-state index contributed by atoms with van der Waals surface area (Å²) in [6.07, 6.45) is 0.743. The van der Waals surface area contributed by atoms with Crippen LogP contribution in [-0.2, 0) is 14.3 Å². The predicted octanol–water partition coefficient (Wildman–Crippen LogP) is -0.600. The summed E-state index contributed by atoms with van der Waals surface area (Å²) in [4.78, 5) is 33.3. The molecule has 1 aromatic rings. The lowest BCUT2D eigenvalue weighted by atomic mass is 10.3. The van der Waals surface area contributed by atoms with E-state index in [1.807, 2.05) is 0 Å². The number of carbonyl (C=O) groups excluding carboxylic acids is 3. The standard InChI is InChI=1S/C9H12N4O4/c1-2-17-7(15)3-6(14)12-9-5(8(10)16)4-11-13-9/h4H,2-3H2,1H3,(H2,10,16)(H2,11,12,13,14). The van der Waals surface area contributed by atoms with Crippen molar-refractivity contribution in [1.82, 2.24) is 10.2 Å². The Morgan fingerprint density at radius 3 is 2.82 bits per heavy atom. The summed E-state index contributed by atoms with van der Waals surface area (Å²) < 4.78 is 4.59. The molecule has 0 bridgehead atoms. The fourth-order valence-corrected chi connectivity index (χ4v) is 1.09. The van der Waals surface area contributed by atoms with Crippen LogP contribution >= 0.6 is 0 Å². The van der Waals surface area contributed by atoms with Crippen LogP contribution in [0.15, 0.2) is 6.20 Å². The van der Waals surface area contributed by atoms with Gasteiger partial charge < -0.3 is 15.8 Å². The highest BCUT2D eigenvalue weighted by molar-refractivity contribution is 6.05. The number of rotatable bonds is 5. The Balaban J connectivity index is 2.59. The average molecular weight is 240 g/mol. The number of primary amides is 1. The zero-order chi connectivity index (χ0) is 12.8. The van der Waals surface area contributed by atoms with Gasteiger partial charge in [0.15, 0.2) is 0 Å². The van der Waals surface area contributed by atoms with Crippen LogP contribution in [0.5, 0.6) is 0 Å². The molecule has 1 rings (SSSR count). The van der Waals surface area contributed by atoms with E-state index in [2.05, 4.69) is 20.3 Å². The lowest BCUT2D eigenvalue weighted by Crippen LogP contribution is -2.20. The third-order valence-electron chi connectivity index (χ3n) is 1.78. The highest BCUT2D eigenvalue weighted by atomic mass is 16.5. The number of H-pyrrole nitrogens is 1. The molecular formula is C9H12N4O4. The molecule has 0 fully saturated rings. The molecule has 0 aromatic carbocycles. The van der Waals surface area contributed by atoms with Crippen molar-refractivity contribution in [2.24, 2.45) is 5.73 Å². The number of anilines is 1. The Labute approximate surface area is 96.5 Å². The monoisotopic (exact) mass is 240 g/mol. The maximum atomic E-state index is 11.4. The largest absolute Gasteiger partial charge is 0.466 e. The second kappa shape index (κ2) is 5.64. The van der Waals surface area contributed by atoms with Crippen LogP contribution in [0.2, 0.25) is 0 Å². The molecule has 0 atom stereocenters. The number of hydrogen-bond acceptors (Lipinski definition) is 5. The quantitative estimate of drug-likeness (QED) is 0.467. The summed E-state index contributed by atoms with van der Waals surface area (Å²) in [6, 6.07) is 0. The molecule has 0 unspecified atom stereocenters. The highest BCUT2D eigenvalue weighted by Crippen LogP contribution is 2.09. The molecule has 8 nitrogen and oxygen atoms in total. The minimum atomic E-state index is -0.731. The molecule has 1 heterocycles. The van der Waals surface area contributed by atoms with Gasteiger partial charge in [0.05, 0.1) is 12.8 Å². The molecular weight excluding hydrogens is 228 g/mol. The number of carbonyl (C=O) groups is 3. The number of aromatic amines is 1. The topological polar surface area (TPSA) is 127 Å². The first kappa shape index (κ1) is 12.7. The fraction of sp³-hybridized carbons (Fsp3) is 0.333. The molecule has 8 heteroatoms. The number of nitrogens with one attached hydrogen (secondary N) is 2. The van der Waals surface area contributed by atoms with Crippen LogP contribution in [-0.4, -0.2) is 34.6 Å². The number of esters is 1. The van der Waals surface area contributed by atoms with Crippen LogP contribution in [0.25, 0.3) is 0 Å². The summed E-state index contributed by atoms with van der Waals surface area (Å²) in [5.74, 6) is -1.93. The molecule has 1 aromatic heterocycles. The minimum Gasteiger partial charge on any atom is -0.466 e. The zero-order valence-corrected chi connectivity index (χ0v) is 9.15. The summed E-state index contributed by atoms with van der Waals surface area (Å²) in [5.41, 5.74) is 5.09. The van der Waals surface area contributed by atoms with Crippen LogP contribution in [0.1, 0.15) is 23.7 Å². The Bertz CT molecular complexity index is 440. The number of aromatic nitrogens is 2. The van der Waals surface area contributed by atoms with E-state index in [-0.39, 0.29) is 18.0 Å². The van der Waals surface area contributed by atoms with Crippen molar-refractivity contribution in [3.63, 3.8) is 0 Å². The molecule has 4 N–H and O–H groups in total. The molecule has 17 heavy (non-hydrogen) atoms. The van der Waals surface area contributed by atoms with E-state index in [4.69, 9.17) is 5.73 Å². The van der Waals surface area contributed by atoms with Gasteiger partial charge in [-0.1, -0.05) is 0 Å². The summed E-state index contributed by atoms with van der Waals surface area (Å²) in [6.45, 7) is 1.83. The third kappa shape index (κ3) is 3.59. The zero-order valence-electron chi connectivity index (χ0n) is 9.15. The Kier molecular flexibility index (Phi) is 4.21. The molecule has 0 radical (unpaired) electrons. The van der Waals surface area contributed by atoms with Crippen molar-refractivity contribution in [1.29, 1.82) is 0 Å². The van der Waals surface area contributed by atoms with Crippen molar-refractivity contribution in [2.75, 3.05) is 11.9 Å². The maximum absolute atomic E-state index is 11.4. The highest BCUT2D eigenvalue weighted by Gasteiger charge is 2.15. The summed E-state index contributed by atoms with van der Waals surface area (Å²) in [7, 11) is 0. The predicted molar refractivity (Wildman–Crippen MR) is 57.0 cm³/mol. The first-order chi connectivity index (χ1) is 8.04. The Hall–Kier alpha value is -2.38. The number of nitrogens with zero attached hydrogens (tertiary/aromatic N) is 1. The fourth-order valence-electron chi connectivity index (χ4n) is 1.09. The molecule has 92 valence electrons. The summed E-state index contributed by atoms with van der Waals surface area (Å²) >= 11 is 0. The smallest absolute Gasteiger partial charge is 0.315 e. The lowest BCUT2D eigenvalue weighted by molar-refractivity contribution is -0.145. The lowest BCUT2D eigenvalue weighted by Gasteiger charge is -2.03. The van der Waals surface area contributed by atoms with Crippen molar-refractivity contribution in [3.05, 3.63) is 11.8 Å². The van der Waals surface area contributed by atoms with Gasteiger partial charge in [-0.05, 0) is 6.92 Å². The van der Waals surface area contributed by atoms with Gasteiger partial charge in [-0.2, -0.15) is 5.10 Å². The van der Waals surface area contributed by atoms with E-state index < -0.39 is 24.2 Å². The Morgan fingerprint density at radius 2 is 2.24 bits per heavy atom. The molecule has 0 spiro atoms.